The Kier molecular flexibility index (Phi) is 4.27. The first-order valence-corrected chi connectivity index (χ1v) is 6.23. The van der Waals surface area contributed by atoms with Gasteiger partial charge in [0.1, 0.15) is 11.5 Å². The van der Waals surface area contributed by atoms with Crippen molar-refractivity contribution in [1.82, 2.24) is 5.32 Å². The molecule has 1 aromatic rings. The lowest BCUT2D eigenvalue weighted by atomic mass is 9.89. The maximum absolute atomic E-state index is 11.6. The van der Waals surface area contributed by atoms with Gasteiger partial charge in [-0.05, 0) is 24.3 Å². The molecule has 1 heterocycles. The predicted octanol–water partition coefficient (Wildman–Crippen LogP) is 1.23. The number of ether oxygens (including phenoxy) is 3. The number of methoxy groups -OCH3 is 1. The number of rotatable bonds is 6. The second kappa shape index (κ2) is 5.93. The molecule has 0 saturated carbocycles. The first kappa shape index (κ1) is 13.7. The van der Waals surface area contributed by atoms with Gasteiger partial charge in [-0.3, -0.25) is 4.79 Å². The molecule has 0 aliphatic carbocycles. The summed E-state index contributed by atoms with van der Waals surface area (Å²) in [4.78, 5) is 11.6. The molecule has 1 N–H and O–H groups in total. The fraction of sp³-hybridized carbons (Fsp3) is 0.500. The minimum Gasteiger partial charge on any atom is -0.497 e. The van der Waals surface area contributed by atoms with Crippen LogP contribution in [0, 0.1) is 5.41 Å². The molecule has 5 heteroatoms. The van der Waals surface area contributed by atoms with E-state index in [0.717, 1.165) is 5.75 Å². The van der Waals surface area contributed by atoms with Gasteiger partial charge in [0.2, 0.25) is 0 Å². The van der Waals surface area contributed by atoms with Crippen LogP contribution in [0.15, 0.2) is 24.3 Å². The van der Waals surface area contributed by atoms with Crippen LogP contribution in [0.3, 0.4) is 0 Å². The van der Waals surface area contributed by atoms with E-state index in [9.17, 15) is 4.79 Å². The molecule has 5 nitrogen and oxygen atoms in total. The van der Waals surface area contributed by atoms with Crippen LogP contribution in [-0.2, 0) is 9.53 Å². The van der Waals surface area contributed by atoms with Crippen molar-refractivity contribution in [3.05, 3.63) is 24.3 Å². The third kappa shape index (κ3) is 3.86. The van der Waals surface area contributed by atoms with Gasteiger partial charge in [-0.1, -0.05) is 6.92 Å². The van der Waals surface area contributed by atoms with E-state index in [4.69, 9.17) is 14.2 Å². The minimum atomic E-state index is -0.121. The summed E-state index contributed by atoms with van der Waals surface area (Å²) in [6, 6.07) is 7.13. The van der Waals surface area contributed by atoms with E-state index >= 15 is 0 Å². The number of carbonyl (C=O) groups is 1. The van der Waals surface area contributed by atoms with E-state index in [-0.39, 0.29) is 17.9 Å². The lowest BCUT2D eigenvalue weighted by Crippen LogP contribution is -2.49. The minimum absolute atomic E-state index is 0.0171. The van der Waals surface area contributed by atoms with E-state index in [1.165, 1.54) is 0 Å². The SMILES string of the molecule is COc1ccc(OCC(=O)NCC2(C)COC2)cc1. The number of hydrogen-bond donors (Lipinski definition) is 1. The summed E-state index contributed by atoms with van der Waals surface area (Å²) < 4.78 is 15.6. The Morgan fingerprint density at radius 3 is 2.47 bits per heavy atom. The first-order valence-electron chi connectivity index (χ1n) is 6.23. The van der Waals surface area contributed by atoms with Crippen LogP contribution in [0.4, 0.5) is 0 Å². The molecule has 1 saturated heterocycles. The zero-order chi connectivity index (χ0) is 13.7. The standard InChI is InChI=1S/C14H19NO4/c1-14(9-18-10-14)8-15-13(16)7-19-12-5-3-11(17-2)4-6-12/h3-6H,7-10H2,1-2H3,(H,15,16). The van der Waals surface area contributed by atoms with Crippen molar-refractivity contribution < 1.29 is 19.0 Å². The average molecular weight is 265 g/mol. The summed E-state index contributed by atoms with van der Waals surface area (Å²) in [5, 5.41) is 2.85. The molecule has 1 aliphatic heterocycles. The Labute approximate surface area is 112 Å². The van der Waals surface area contributed by atoms with Gasteiger partial charge in [0.05, 0.1) is 20.3 Å². The van der Waals surface area contributed by atoms with Crippen molar-refractivity contribution in [2.24, 2.45) is 5.41 Å². The normalized spacial score (nSPS) is 16.3. The molecule has 104 valence electrons. The van der Waals surface area contributed by atoms with Crippen molar-refractivity contribution in [2.45, 2.75) is 6.92 Å². The zero-order valence-corrected chi connectivity index (χ0v) is 11.3. The number of benzene rings is 1. The molecular weight excluding hydrogens is 246 g/mol. The monoisotopic (exact) mass is 265 g/mol. The predicted molar refractivity (Wildman–Crippen MR) is 70.4 cm³/mol. The summed E-state index contributed by atoms with van der Waals surface area (Å²) in [7, 11) is 1.61. The highest BCUT2D eigenvalue weighted by atomic mass is 16.5. The molecule has 1 aromatic carbocycles. The molecule has 2 rings (SSSR count). The van der Waals surface area contributed by atoms with E-state index in [1.807, 2.05) is 0 Å². The maximum atomic E-state index is 11.6. The van der Waals surface area contributed by atoms with Gasteiger partial charge in [0, 0.05) is 12.0 Å². The van der Waals surface area contributed by atoms with Crippen molar-refractivity contribution in [3.63, 3.8) is 0 Å². The molecule has 19 heavy (non-hydrogen) atoms. The van der Waals surface area contributed by atoms with Crippen molar-refractivity contribution in [1.29, 1.82) is 0 Å². The van der Waals surface area contributed by atoms with Crippen LogP contribution in [0.2, 0.25) is 0 Å². The lowest BCUT2D eigenvalue weighted by Gasteiger charge is -2.37. The molecule has 1 fully saturated rings. The topological polar surface area (TPSA) is 56.8 Å². The maximum Gasteiger partial charge on any atom is 0.257 e. The number of nitrogens with one attached hydrogen (secondary N) is 1. The summed E-state index contributed by atoms with van der Waals surface area (Å²) in [5.74, 6) is 1.28. The van der Waals surface area contributed by atoms with E-state index in [1.54, 1.807) is 31.4 Å². The second-order valence-electron chi connectivity index (χ2n) is 5.04. The summed E-state index contributed by atoms with van der Waals surface area (Å²) >= 11 is 0. The fourth-order valence-corrected chi connectivity index (χ4v) is 1.74. The zero-order valence-electron chi connectivity index (χ0n) is 11.3. The van der Waals surface area contributed by atoms with Crippen LogP contribution >= 0.6 is 0 Å². The average Bonchev–Trinajstić information content (AvgIpc) is 2.41. The molecule has 0 aromatic heterocycles. The van der Waals surface area contributed by atoms with Gasteiger partial charge in [-0.2, -0.15) is 0 Å². The van der Waals surface area contributed by atoms with Crippen LogP contribution < -0.4 is 14.8 Å². The molecule has 0 unspecified atom stereocenters. The molecule has 0 atom stereocenters. The third-order valence-electron chi connectivity index (χ3n) is 3.04. The Bertz CT molecular complexity index is 426. The van der Waals surface area contributed by atoms with Crippen LogP contribution in [0.1, 0.15) is 6.92 Å². The molecular formula is C14H19NO4. The highest BCUT2D eigenvalue weighted by Gasteiger charge is 2.33. The van der Waals surface area contributed by atoms with E-state index in [0.29, 0.717) is 25.5 Å². The fourth-order valence-electron chi connectivity index (χ4n) is 1.74. The number of carbonyl (C=O) groups excluding carboxylic acids is 1. The molecule has 1 amide bonds. The molecule has 0 radical (unpaired) electrons. The van der Waals surface area contributed by atoms with Gasteiger partial charge in [-0.15, -0.1) is 0 Å². The largest absolute Gasteiger partial charge is 0.497 e. The van der Waals surface area contributed by atoms with Crippen molar-refractivity contribution in [3.8, 4) is 11.5 Å². The van der Waals surface area contributed by atoms with Crippen LogP contribution in [0.25, 0.3) is 0 Å². The lowest BCUT2D eigenvalue weighted by molar-refractivity contribution is -0.128. The summed E-state index contributed by atoms with van der Waals surface area (Å²) in [6.07, 6.45) is 0. The Balaban J connectivity index is 1.70. The van der Waals surface area contributed by atoms with Gasteiger partial charge >= 0.3 is 0 Å². The Morgan fingerprint density at radius 1 is 1.32 bits per heavy atom. The molecule has 0 bridgehead atoms. The first-order chi connectivity index (χ1) is 9.11. The summed E-state index contributed by atoms with van der Waals surface area (Å²) in [6.45, 7) is 4.13. The third-order valence-corrected chi connectivity index (χ3v) is 3.04. The number of hydrogen-bond acceptors (Lipinski definition) is 4. The van der Waals surface area contributed by atoms with Gasteiger partial charge in [0.25, 0.3) is 5.91 Å². The highest BCUT2D eigenvalue weighted by molar-refractivity contribution is 5.77. The van der Waals surface area contributed by atoms with Crippen LogP contribution in [-0.4, -0.2) is 39.4 Å². The van der Waals surface area contributed by atoms with Crippen molar-refractivity contribution >= 4 is 5.91 Å². The molecule has 0 spiro atoms. The van der Waals surface area contributed by atoms with Crippen molar-refractivity contribution in [2.75, 3.05) is 33.5 Å². The smallest absolute Gasteiger partial charge is 0.257 e. The quantitative estimate of drug-likeness (QED) is 0.840. The van der Waals surface area contributed by atoms with E-state index < -0.39 is 0 Å². The highest BCUT2D eigenvalue weighted by Crippen LogP contribution is 2.25. The summed E-state index contributed by atoms with van der Waals surface area (Å²) in [5.41, 5.74) is 0.0791. The van der Waals surface area contributed by atoms with Crippen LogP contribution in [0.5, 0.6) is 11.5 Å². The Morgan fingerprint density at radius 2 is 1.95 bits per heavy atom. The van der Waals surface area contributed by atoms with E-state index in [2.05, 4.69) is 12.2 Å². The Hall–Kier alpha value is -1.75. The second-order valence-corrected chi connectivity index (χ2v) is 5.04. The van der Waals surface area contributed by atoms with Gasteiger partial charge in [-0.25, -0.2) is 0 Å². The van der Waals surface area contributed by atoms with Gasteiger partial charge in [0.15, 0.2) is 6.61 Å². The molecule has 1 aliphatic rings. The van der Waals surface area contributed by atoms with Gasteiger partial charge < -0.3 is 19.5 Å². The number of amides is 1.